The Balaban J connectivity index is 1.88. The van der Waals surface area contributed by atoms with Gasteiger partial charge in [-0.15, -0.1) is 11.3 Å². The van der Waals surface area contributed by atoms with Gasteiger partial charge in [0.05, 0.1) is 17.3 Å². The first-order chi connectivity index (χ1) is 13.0. The van der Waals surface area contributed by atoms with E-state index in [1.54, 1.807) is 37.4 Å². The van der Waals surface area contributed by atoms with Gasteiger partial charge in [0.25, 0.3) is 0 Å². The maximum absolute atomic E-state index is 12.5. The molecule has 0 spiro atoms. The number of ether oxygens (including phenoxy) is 2. The molecule has 0 atom stereocenters. The topological polar surface area (TPSA) is 67.8 Å². The first-order valence-electron chi connectivity index (χ1n) is 8.57. The summed E-state index contributed by atoms with van der Waals surface area (Å²) in [4.78, 5) is 8.60. The summed E-state index contributed by atoms with van der Waals surface area (Å²) in [5.74, 6) is 0.962. The van der Waals surface area contributed by atoms with E-state index in [1.165, 1.54) is 6.07 Å². The second-order valence-corrected chi connectivity index (χ2v) is 6.62. The molecular weight excluding hydrogens is 374 g/mol. The molecule has 2 rings (SSSR count). The normalized spacial score (nSPS) is 11.6. The molecule has 0 saturated carbocycles. The minimum atomic E-state index is -2.89. The van der Waals surface area contributed by atoms with Crippen LogP contribution in [0.5, 0.6) is 11.5 Å². The lowest BCUT2D eigenvalue weighted by molar-refractivity contribution is -0.0514. The fourth-order valence-electron chi connectivity index (χ4n) is 2.36. The molecule has 0 fully saturated rings. The van der Waals surface area contributed by atoms with Crippen LogP contribution < -0.4 is 20.1 Å². The summed E-state index contributed by atoms with van der Waals surface area (Å²) < 4.78 is 34.8. The summed E-state index contributed by atoms with van der Waals surface area (Å²) in [6, 6.07) is 4.87. The summed E-state index contributed by atoms with van der Waals surface area (Å²) in [7, 11) is 1.69. The van der Waals surface area contributed by atoms with Gasteiger partial charge in [0.2, 0.25) is 0 Å². The number of guanidine groups is 1. The molecule has 1 aromatic carbocycles. The largest absolute Gasteiger partial charge is 0.490 e. The van der Waals surface area contributed by atoms with Crippen LogP contribution in [0.25, 0.3) is 0 Å². The fourth-order valence-corrected chi connectivity index (χ4v) is 3.01. The number of halogens is 2. The maximum atomic E-state index is 12.5. The van der Waals surface area contributed by atoms with Crippen molar-refractivity contribution in [2.75, 3.05) is 20.2 Å². The van der Waals surface area contributed by atoms with E-state index in [2.05, 4.69) is 25.3 Å². The molecule has 27 heavy (non-hydrogen) atoms. The quantitative estimate of drug-likeness (QED) is 0.501. The second-order valence-electron chi connectivity index (χ2n) is 5.55. The minimum Gasteiger partial charge on any atom is -0.490 e. The van der Waals surface area contributed by atoms with E-state index >= 15 is 0 Å². The third kappa shape index (κ3) is 7.01. The van der Waals surface area contributed by atoms with Gasteiger partial charge in [-0.3, -0.25) is 4.99 Å². The Kier molecular flexibility index (Phi) is 8.25. The predicted octanol–water partition coefficient (Wildman–Crippen LogP) is 3.36. The third-order valence-corrected chi connectivity index (χ3v) is 4.37. The van der Waals surface area contributed by atoms with Crippen LogP contribution >= 0.6 is 11.3 Å². The van der Waals surface area contributed by atoms with E-state index in [1.807, 2.05) is 12.3 Å². The number of aliphatic imine (C=N–C) groups is 1. The van der Waals surface area contributed by atoms with Gasteiger partial charge in [0.1, 0.15) is 0 Å². The van der Waals surface area contributed by atoms with E-state index < -0.39 is 6.61 Å². The molecule has 1 aromatic heterocycles. The molecular formula is C18H24F2N4O2S. The lowest BCUT2D eigenvalue weighted by atomic mass is 10.2. The molecule has 6 nitrogen and oxygen atoms in total. The smallest absolute Gasteiger partial charge is 0.387 e. The Hall–Kier alpha value is -2.42. The molecule has 1 heterocycles. The summed E-state index contributed by atoms with van der Waals surface area (Å²) >= 11 is 1.63. The Bertz CT molecular complexity index is 753. The lowest BCUT2D eigenvalue weighted by Crippen LogP contribution is -2.37. The highest BCUT2D eigenvalue weighted by Gasteiger charge is 2.12. The molecule has 0 aliphatic carbocycles. The zero-order valence-corrected chi connectivity index (χ0v) is 16.4. The molecule has 0 amide bonds. The Labute approximate surface area is 161 Å². The SMILES string of the molecule is CCOc1cc(CNC(=NC)NCCc2csc(C)n2)ccc1OC(F)F. The van der Waals surface area contributed by atoms with Crippen molar-refractivity contribution in [3.8, 4) is 11.5 Å². The summed E-state index contributed by atoms with van der Waals surface area (Å²) in [6.45, 7) is 2.40. The molecule has 0 aliphatic heterocycles. The van der Waals surface area contributed by atoms with Crippen LogP contribution in [0, 0.1) is 6.92 Å². The molecule has 0 aliphatic rings. The van der Waals surface area contributed by atoms with Crippen LogP contribution in [-0.2, 0) is 13.0 Å². The number of thiazole rings is 1. The minimum absolute atomic E-state index is 0.0247. The number of nitrogens with zero attached hydrogens (tertiary/aromatic N) is 2. The first-order valence-corrected chi connectivity index (χ1v) is 9.45. The molecule has 0 saturated heterocycles. The standard InChI is InChI=1S/C18H24F2N4O2S/c1-4-25-16-9-13(5-6-15(16)26-17(19)20)10-23-18(21-3)22-8-7-14-11-27-12(2)24-14/h5-6,9,11,17H,4,7-8,10H2,1-3H3,(H2,21,22,23). The highest BCUT2D eigenvalue weighted by atomic mass is 32.1. The van der Waals surface area contributed by atoms with Crippen molar-refractivity contribution < 1.29 is 18.3 Å². The third-order valence-electron chi connectivity index (χ3n) is 3.55. The van der Waals surface area contributed by atoms with Gasteiger partial charge < -0.3 is 20.1 Å². The number of nitrogens with one attached hydrogen (secondary N) is 2. The average molecular weight is 398 g/mol. The maximum Gasteiger partial charge on any atom is 0.387 e. The number of hydrogen-bond acceptors (Lipinski definition) is 5. The van der Waals surface area contributed by atoms with Crippen molar-refractivity contribution in [3.63, 3.8) is 0 Å². The highest BCUT2D eigenvalue weighted by Crippen LogP contribution is 2.29. The second kappa shape index (κ2) is 10.7. The number of aromatic nitrogens is 1. The fraction of sp³-hybridized carbons (Fsp3) is 0.444. The summed E-state index contributed by atoms with van der Waals surface area (Å²) in [5, 5.41) is 9.51. The monoisotopic (exact) mass is 398 g/mol. The van der Waals surface area contributed by atoms with Gasteiger partial charge in [0.15, 0.2) is 17.5 Å². The van der Waals surface area contributed by atoms with E-state index in [9.17, 15) is 8.78 Å². The summed E-state index contributed by atoms with van der Waals surface area (Å²) in [5.41, 5.74) is 1.91. The Morgan fingerprint density at radius 1 is 1.30 bits per heavy atom. The van der Waals surface area contributed by atoms with Crippen molar-refractivity contribution in [2.24, 2.45) is 4.99 Å². The van der Waals surface area contributed by atoms with E-state index in [0.29, 0.717) is 31.4 Å². The molecule has 0 radical (unpaired) electrons. The number of hydrogen-bond donors (Lipinski definition) is 2. The van der Waals surface area contributed by atoms with Crippen LogP contribution in [0.4, 0.5) is 8.78 Å². The Morgan fingerprint density at radius 3 is 2.74 bits per heavy atom. The van der Waals surface area contributed by atoms with Gasteiger partial charge in [-0.05, 0) is 31.5 Å². The van der Waals surface area contributed by atoms with Crippen molar-refractivity contribution in [1.29, 1.82) is 0 Å². The predicted molar refractivity (Wildman–Crippen MR) is 103 cm³/mol. The van der Waals surface area contributed by atoms with E-state index in [-0.39, 0.29) is 5.75 Å². The number of alkyl halides is 2. The molecule has 9 heteroatoms. The van der Waals surface area contributed by atoms with Crippen molar-refractivity contribution in [1.82, 2.24) is 15.6 Å². The first kappa shape index (κ1) is 20.9. The van der Waals surface area contributed by atoms with Crippen LogP contribution in [-0.4, -0.2) is 37.8 Å². The van der Waals surface area contributed by atoms with Gasteiger partial charge in [-0.1, -0.05) is 6.07 Å². The number of benzene rings is 1. The van der Waals surface area contributed by atoms with Crippen LogP contribution in [0.3, 0.4) is 0 Å². The number of rotatable bonds is 9. The molecule has 2 N–H and O–H groups in total. The molecule has 0 unspecified atom stereocenters. The van der Waals surface area contributed by atoms with Gasteiger partial charge >= 0.3 is 6.61 Å². The zero-order valence-electron chi connectivity index (χ0n) is 15.6. The van der Waals surface area contributed by atoms with Crippen molar-refractivity contribution >= 4 is 17.3 Å². The van der Waals surface area contributed by atoms with Crippen LogP contribution in [0.1, 0.15) is 23.2 Å². The average Bonchev–Trinajstić information content (AvgIpc) is 3.05. The van der Waals surface area contributed by atoms with Gasteiger partial charge in [0, 0.05) is 31.9 Å². The van der Waals surface area contributed by atoms with E-state index in [0.717, 1.165) is 22.7 Å². The lowest BCUT2D eigenvalue weighted by Gasteiger charge is -2.14. The van der Waals surface area contributed by atoms with Gasteiger partial charge in [-0.25, -0.2) is 4.98 Å². The van der Waals surface area contributed by atoms with Crippen LogP contribution in [0.2, 0.25) is 0 Å². The van der Waals surface area contributed by atoms with Crippen molar-refractivity contribution in [3.05, 3.63) is 39.8 Å². The molecule has 2 aromatic rings. The van der Waals surface area contributed by atoms with Crippen molar-refractivity contribution in [2.45, 2.75) is 33.4 Å². The zero-order chi connectivity index (χ0) is 19.6. The van der Waals surface area contributed by atoms with Gasteiger partial charge in [-0.2, -0.15) is 8.78 Å². The number of aryl methyl sites for hydroxylation is 1. The highest BCUT2D eigenvalue weighted by molar-refractivity contribution is 7.09. The molecule has 148 valence electrons. The van der Waals surface area contributed by atoms with E-state index in [4.69, 9.17) is 4.74 Å². The summed E-state index contributed by atoms with van der Waals surface area (Å²) in [6.07, 6.45) is 0.805. The molecule has 0 bridgehead atoms. The Morgan fingerprint density at radius 2 is 2.11 bits per heavy atom. The van der Waals surface area contributed by atoms with Crippen LogP contribution in [0.15, 0.2) is 28.6 Å².